The maximum Gasteiger partial charge on any atom is 0.274 e. The summed E-state index contributed by atoms with van der Waals surface area (Å²) in [5.74, 6) is -0.553. The third-order valence-electron chi connectivity index (χ3n) is 5.79. The zero-order valence-corrected chi connectivity index (χ0v) is 19.2. The number of carbonyl (C=O) groups is 1. The Labute approximate surface area is 192 Å². The summed E-state index contributed by atoms with van der Waals surface area (Å²) in [6.45, 7) is 5.21. The van der Waals surface area contributed by atoms with Crippen LogP contribution < -0.4 is 9.62 Å². The minimum absolute atomic E-state index is 0.00492. The minimum atomic E-state index is -3.90. The molecule has 0 saturated heterocycles. The molecular weight excluding hydrogens is 442 g/mol. The SMILES string of the molecule is Cc1cc(C)c([N+](=O)[O-])cc1NC(=O)c1cccc(S(=O)(=O)N2c3ccccc3C[C@@H]2C)c1. The fraction of sp³-hybridized carbons (Fsp3) is 0.208. The third kappa shape index (κ3) is 4.07. The molecule has 3 aromatic carbocycles. The lowest BCUT2D eigenvalue weighted by molar-refractivity contribution is -0.385. The average Bonchev–Trinajstić information content (AvgIpc) is 3.11. The number of hydrogen-bond donors (Lipinski definition) is 1. The maximum atomic E-state index is 13.5. The van der Waals surface area contributed by atoms with Crippen LogP contribution in [0.5, 0.6) is 0 Å². The topological polar surface area (TPSA) is 110 Å². The molecule has 3 aromatic rings. The van der Waals surface area contributed by atoms with E-state index < -0.39 is 20.9 Å². The Morgan fingerprint density at radius 1 is 1.06 bits per heavy atom. The van der Waals surface area contributed by atoms with Crippen LogP contribution in [0.15, 0.2) is 65.6 Å². The number of para-hydroxylation sites is 1. The van der Waals surface area contributed by atoms with E-state index in [1.165, 1.54) is 34.6 Å². The zero-order valence-electron chi connectivity index (χ0n) is 18.4. The molecule has 0 aromatic heterocycles. The van der Waals surface area contributed by atoms with E-state index in [1.54, 1.807) is 32.0 Å². The Balaban J connectivity index is 1.66. The van der Waals surface area contributed by atoms with Gasteiger partial charge >= 0.3 is 0 Å². The van der Waals surface area contributed by atoms with Crippen molar-refractivity contribution in [2.24, 2.45) is 0 Å². The summed E-state index contributed by atoms with van der Waals surface area (Å²) in [4.78, 5) is 23.7. The average molecular weight is 466 g/mol. The summed E-state index contributed by atoms with van der Waals surface area (Å²) >= 11 is 0. The lowest BCUT2D eigenvalue weighted by Gasteiger charge is -2.24. The molecule has 0 fully saturated rings. The molecule has 1 aliphatic rings. The van der Waals surface area contributed by atoms with E-state index in [4.69, 9.17) is 0 Å². The van der Waals surface area contributed by atoms with Gasteiger partial charge in [0.15, 0.2) is 0 Å². The molecule has 1 N–H and O–H groups in total. The summed E-state index contributed by atoms with van der Waals surface area (Å²) < 4.78 is 28.3. The number of nitrogens with one attached hydrogen (secondary N) is 1. The van der Waals surface area contributed by atoms with Crippen molar-refractivity contribution in [3.05, 3.63) is 93.0 Å². The summed E-state index contributed by atoms with van der Waals surface area (Å²) in [7, 11) is -3.90. The van der Waals surface area contributed by atoms with Crippen LogP contribution in [0.25, 0.3) is 0 Å². The first-order chi connectivity index (χ1) is 15.6. The van der Waals surface area contributed by atoms with E-state index in [9.17, 15) is 23.3 Å². The Morgan fingerprint density at radius 3 is 2.52 bits per heavy atom. The van der Waals surface area contributed by atoms with Crippen LogP contribution in [0.2, 0.25) is 0 Å². The first-order valence-electron chi connectivity index (χ1n) is 10.4. The molecule has 170 valence electrons. The standard InChI is InChI=1S/C24H23N3O5S/c1-15-11-16(2)23(27(29)30)14-21(15)25-24(28)19-8-6-9-20(13-19)33(31,32)26-17(3)12-18-7-4-5-10-22(18)26/h4-11,13-14,17H,12H2,1-3H3,(H,25,28)/t17-/m0/s1. The number of nitro groups is 1. The van der Waals surface area contributed by atoms with E-state index in [-0.39, 0.29) is 22.2 Å². The lowest BCUT2D eigenvalue weighted by Crippen LogP contribution is -2.35. The highest BCUT2D eigenvalue weighted by Gasteiger charge is 2.36. The van der Waals surface area contributed by atoms with Crippen LogP contribution >= 0.6 is 0 Å². The Morgan fingerprint density at radius 2 is 1.79 bits per heavy atom. The quantitative estimate of drug-likeness (QED) is 0.437. The molecule has 0 bridgehead atoms. The number of hydrogen-bond acceptors (Lipinski definition) is 5. The Hall–Kier alpha value is -3.72. The summed E-state index contributed by atoms with van der Waals surface area (Å²) in [6, 6.07) is 15.9. The maximum absolute atomic E-state index is 13.5. The second-order valence-corrected chi connectivity index (χ2v) is 9.99. The van der Waals surface area contributed by atoms with E-state index >= 15 is 0 Å². The minimum Gasteiger partial charge on any atom is -0.321 e. The number of carbonyl (C=O) groups excluding carboxylic acids is 1. The summed E-state index contributed by atoms with van der Waals surface area (Å²) in [6.07, 6.45) is 0.612. The van der Waals surface area contributed by atoms with Gasteiger partial charge in [0.2, 0.25) is 0 Å². The number of sulfonamides is 1. The van der Waals surface area contributed by atoms with Gasteiger partial charge in [0.05, 0.1) is 21.2 Å². The highest BCUT2D eigenvalue weighted by molar-refractivity contribution is 7.92. The van der Waals surface area contributed by atoms with Crippen molar-refractivity contribution in [1.29, 1.82) is 0 Å². The van der Waals surface area contributed by atoms with E-state index in [1.807, 2.05) is 19.1 Å². The number of fused-ring (bicyclic) bond motifs is 1. The van der Waals surface area contributed by atoms with Crippen molar-refractivity contribution in [3.8, 4) is 0 Å². The molecule has 1 aliphatic heterocycles. The molecule has 0 unspecified atom stereocenters. The zero-order chi connectivity index (χ0) is 23.9. The van der Waals surface area contributed by atoms with Gasteiger partial charge in [-0.1, -0.05) is 24.3 Å². The number of aryl methyl sites for hydroxylation is 2. The Bertz CT molecular complexity index is 1380. The number of nitrogens with zero attached hydrogens (tertiary/aromatic N) is 2. The largest absolute Gasteiger partial charge is 0.321 e. The molecule has 0 aliphatic carbocycles. The molecule has 0 saturated carbocycles. The first-order valence-corrected chi connectivity index (χ1v) is 11.8. The molecular formula is C24H23N3O5S. The van der Waals surface area contributed by atoms with E-state index in [0.717, 1.165) is 5.56 Å². The molecule has 1 heterocycles. The van der Waals surface area contributed by atoms with E-state index in [0.29, 0.717) is 28.9 Å². The number of nitro benzene ring substituents is 1. The van der Waals surface area contributed by atoms with Gasteiger partial charge in [-0.2, -0.15) is 0 Å². The van der Waals surface area contributed by atoms with Crippen LogP contribution in [0.3, 0.4) is 0 Å². The van der Waals surface area contributed by atoms with Crippen molar-refractivity contribution in [2.45, 2.75) is 38.1 Å². The lowest BCUT2D eigenvalue weighted by atomic mass is 10.1. The first kappa shape index (κ1) is 22.5. The van der Waals surface area contributed by atoms with Crippen LogP contribution in [0, 0.1) is 24.0 Å². The van der Waals surface area contributed by atoms with Crippen molar-refractivity contribution < 1.29 is 18.1 Å². The van der Waals surface area contributed by atoms with Gasteiger partial charge < -0.3 is 5.32 Å². The van der Waals surface area contributed by atoms with Gasteiger partial charge in [-0.3, -0.25) is 19.2 Å². The van der Waals surface area contributed by atoms with Crippen LogP contribution in [-0.4, -0.2) is 25.3 Å². The predicted octanol–water partition coefficient (Wildman–Crippen LogP) is 4.60. The van der Waals surface area contributed by atoms with Crippen molar-refractivity contribution in [1.82, 2.24) is 0 Å². The van der Waals surface area contributed by atoms with Crippen molar-refractivity contribution >= 4 is 33.0 Å². The number of amides is 1. The predicted molar refractivity (Wildman–Crippen MR) is 126 cm³/mol. The second-order valence-electron chi connectivity index (χ2n) is 8.18. The van der Waals surface area contributed by atoms with Crippen LogP contribution in [0.1, 0.15) is 34.0 Å². The van der Waals surface area contributed by atoms with Gasteiger partial charge in [-0.05, 0) is 68.7 Å². The second kappa shape index (κ2) is 8.32. The van der Waals surface area contributed by atoms with Gasteiger partial charge in [0.1, 0.15) is 0 Å². The molecule has 4 rings (SSSR count). The van der Waals surface area contributed by atoms with E-state index in [2.05, 4.69) is 5.32 Å². The smallest absolute Gasteiger partial charge is 0.274 e. The number of benzene rings is 3. The monoisotopic (exact) mass is 465 g/mol. The van der Waals surface area contributed by atoms with Gasteiger partial charge in [-0.25, -0.2) is 8.42 Å². The number of anilines is 2. The van der Waals surface area contributed by atoms with Gasteiger partial charge in [0, 0.05) is 23.2 Å². The third-order valence-corrected chi connectivity index (χ3v) is 7.71. The van der Waals surface area contributed by atoms with Crippen LogP contribution in [-0.2, 0) is 16.4 Å². The molecule has 0 radical (unpaired) electrons. The summed E-state index contributed by atoms with van der Waals surface area (Å²) in [5.41, 5.74) is 3.09. The van der Waals surface area contributed by atoms with Crippen molar-refractivity contribution in [3.63, 3.8) is 0 Å². The fourth-order valence-electron chi connectivity index (χ4n) is 4.18. The molecule has 1 atom stereocenters. The Kier molecular flexibility index (Phi) is 5.67. The highest BCUT2D eigenvalue weighted by atomic mass is 32.2. The number of rotatable bonds is 5. The van der Waals surface area contributed by atoms with Gasteiger partial charge in [-0.15, -0.1) is 0 Å². The molecule has 0 spiro atoms. The molecule has 9 heteroatoms. The summed E-state index contributed by atoms with van der Waals surface area (Å²) in [5, 5.41) is 13.9. The van der Waals surface area contributed by atoms with Crippen molar-refractivity contribution in [2.75, 3.05) is 9.62 Å². The highest BCUT2D eigenvalue weighted by Crippen LogP contribution is 2.36. The fourth-order valence-corrected chi connectivity index (χ4v) is 5.92. The van der Waals surface area contributed by atoms with Crippen LogP contribution in [0.4, 0.5) is 17.1 Å². The van der Waals surface area contributed by atoms with Gasteiger partial charge in [0.25, 0.3) is 21.6 Å². The molecule has 33 heavy (non-hydrogen) atoms. The normalized spacial score (nSPS) is 15.2. The molecule has 1 amide bonds. The molecule has 8 nitrogen and oxygen atoms in total.